The SMILES string of the molecule is C[C@H]1[C@@H](c2ccc(F)c(F)c2OCCN2CCOCC2)[C@H](C(=O)Nc2cc(C(N)=O)nn2C)O[C@@]1(C)C(F)(F)F. The zero-order valence-electron chi connectivity index (χ0n) is 22.1. The Morgan fingerprint density at radius 3 is 2.52 bits per heavy atom. The van der Waals surface area contributed by atoms with Gasteiger partial charge in [0, 0.05) is 50.1 Å². The maximum Gasteiger partial charge on any atom is 0.417 e. The van der Waals surface area contributed by atoms with Gasteiger partial charge in [0.05, 0.1) is 13.2 Å². The lowest BCUT2D eigenvalue weighted by atomic mass is 9.77. The Hall–Kier alpha value is -3.30. The molecule has 4 rings (SSSR count). The fraction of sp³-hybridized carbons (Fsp3) is 0.560. The van der Waals surface area contributed by atoms with Crippen LogP contribution in [0.15, 0.2) is 18.2 Å². The Balaban J connectivity index is 1.69. The zero-order chi connectivity index (χ0) is 29.4. The fourth-order valence-electron chi connectivity index (χ4n) is 4.98. The Labute approximate surface area is 226 Å². The van der Waals surface area contributed by atoms with E-state index in [9.17, 15) is 27.2 Å². The van der Waals surface area contributed by atoms with E-state index in [4.69, 9.17) is 19.9 Å². The van der Waals surface area contributed by atoms with Gasteiger partial charge in [0.25, 0.3) is 11.8 Å². The van der Waals surface area contributed by atoms with Crippen molar-refractivity contribution >= 4 is 17.6 Å². The minimum atomic E-state index is -4.92. The van der Waals surface area contributed by atoms with Gasteiger partial charge in [-0.05, 0) is 13.0 Å². The molecule has 0 aliphatic carbocycles. The van der Waals surface area contributed by atoms with E-state index in [2.05, 4.69) is 10.4 Å². The van der Waals surface area contributed by atoms with E-state index in [0.29, 0.717) is 32.8 Å². The summed E-state index contributed by atoms with van der Waals surface area (Å²) in [5.74, 6) is -8.00. The molecule has 3 N–H and O–H groups in total. The van der Waals surface area contributed by atoms with E-state index < -0.39 is 58.9 Å². The molecule has 3 heterocycles. The number of nitrogens with zero attached hydrogens (tertiary/aromatic N) is 3. The van der Waals surface area contributed by atoms with Crippen molar-refractivity contribution < 1.29 is 45.8 Å². The molecule has 2 aromatic rings. The standard InChI is InChI=1S/C25H30F5N5O5/c1-13-18(14-4-5-15(26)19(27)20(14)39-11-8-35-6-9-38-10-7-35)21(40-24(13,2)25(28,29)30)23(37)32-17-12-16(22(31)36)33-34(17)3/h4-5,12-13,18,21H,6-11H2,1-3H3,(H2,31,36)(H,32,37)/t13-,18-,21+,24+/m0/s1. The number of amides is 2. The van der Waals surface area contributed by atoms with Gasteiger partial charge < -0.3 is 25.3 Å². The van der Waals surface area contributed by atoms with Gasteiger partial charge in [-0.1, -0.05) is 13.0 Å². The smallest absolute Gasteiger partial charge is 0.417 e. The summed E-state index contributed by atoms with van der Waals surface area (Å²) in [5, 5.41) is 6.24. The highest BCUT2D eigenvalue weighted by Crippen LogP contribution is 2.55. The van der Waals surface area contributed by atoms with Crippen LogP contribution < -0.4 is 15.8 Å². The molecular formula is C25H30F5N5O5. The molecule has 15 heteroatoms. The first-order valence-corrected chi connectivity index (χ1v) is 12.5. The van der Waals surface area contributed by atoms with Crippen LogP contribution in [-0.2, 0) is 21.3 Å². The first-order valence-electron chi connectivity index (χ1n) is 12.5. The lowest BCUT2D eigenvalue weighted by Gasteiger charge is -2.32. The van der Waals surface area contributed by atoms with Gasteiger partial charge in [0.1, 0.15) is 18.5 Å². The maximum atomic E-state index is 15.1. The van der Waals surface area contributed by atoms with Crippen LogP contribution in [0.3, 0.4) is 0 Å². The zero-order valence-corrected chi connectivity index (χ0v) is 22.1. The van der Waals surface area contributed by atoms with Crippen LogP contribution >= 0.6 is 0 Å². The molecule has 0 radical (unpaired) electrons. The number of aryl methyl sites for hydroxylation is 1. The summed E-state index contributed by atoms with van der Waals surface area (Å²) in [5.41, 5.74) is 2.06. The molecule has 0 saturated carbocycles. The summed E-state index contributed by atoms with van der Waals surface area (Å²) in [6.07, 6.45) is -6.72. The van der Waals surface area contributed by atoms with Crippen molar-refractivity contribution in [3.63, 3.8) is 0 Å². The van der Waals surface area contributed by atoms with Crippen LogP contribution in [0.25, 0.3) is 0 Å². The van der Waals surface area contributed by atoms with Crippen molar-refractivity contribution in [2.75, 3.05) is 44.8 Å². The highest BCUT2D eigenvalue weighted by atomic mass is 19.4. The van der Waals surface area contributed by atoms with Gasteiger partial charge in [0.15, 0.2) is 22.9 Å². The van der Waals surface area contributed by atoms with Crippen molar-refractivity contribution in [3.05, 3.63) is 41.1 Å². The lowest BCUT2D eigenvalue weighted by molar-refractivity contribution is -0.272. The predicted octanol–water partition coefficient (Wildman–Crippen LogP) is 2.59. The minimum Gasteiger partial charge on any atom is -0.489 e. The quantitative estimate of drug-likeness (QED) is 0.465. The number of carbonyl (C=O) groups excluding carboxylic acids is 2. The number of halogens is 5. The number of anilines is 1. The molecule has 2 aliphatic rings. The summed E-state index contributed by atoms with van der Waals surface area (Å²) in [4.78, 5) is 26.8. The molecule has 0 bridgehead atoms. The Morgan fingerprint density at radius 1 is 1.25 bits per heavy atom. The van der Waals surface area contributed by atoms with Gasteiger partial charge in [-0.3, -0.25) is 19.2 Å². The van der Waals surface area contributed by atoms with E-state index in [1.165, 1.54) is 14.0 Å². The number of benzene rings is 1. The second kappa shape index (κ2) is 11.3. The number of primary amides is 1. The van der Waals surface area contributed by atoms with Crippen LogP contribution in [-0.4, -0.2) is 83.8 Å². The first kappa shape index (κ1) is 29.7. The molecule has 4 atom stereocenters. The fourth-order valence-corrected chi connectivity index (χ4v) is 4.98. The van der Waals surface area contributed by atoms with Gasteiger partial charge in [-0.2, -0.15) is 22.7 Å². The minimum absolute atomic E-state index is 0.0401. The summed E-state index contributed by atoms with van der Waals surface area (Å²) in [6.45, 7) is 4.48. The second-order valence-electron chi connectivity index (χ2n) is 9.93. The van der Waals surface area contributed by atoms with Gasteiger partial charge in [0.2, 0.25) is 5.82 Å². The van der Waals surface area contributed by atoms with Crippen molar-refractivity contribution in [1.29, 1.82) is 0 Å². The van der Waals surface area contributed by atoms with Crippen LogP contribution in [0.5, 0.6) is 5.75 Å². The maximum absolute atomic E-state index is 15.1. The highest BCUT2D eigenvalue weighted by Gasteiger charge is 2.66. The molecule has 2 saturated heterocycles. The van der Waals surface area contributed by atoms with E-state index in [-0.39, 0.29) is 23.7 Å². The van der Waals surface area contributed by atoms with Gasteiger partial charge in [-0.25, -0.2) is 4.39 Å². The van der Waals surface area contributed by atoms with E-state index >= 15 is 4.39 Å². The van der Waals surface area contributed by atoms with Crippen LogP contribution in [0.1, 0.15) is 35.8 Å². The van der Waals surface area contributed by atoms with E-state index in [1.807, 2.05) is 4.90 Å². The monoisotopic (exact) mass is 575 g/mol. The topological polar surface area (TPSA) is 121 Å². The number of ether oxygens (including phenoxy) is 3. The Bertz CT molecular complexity index is 1270. The summed E-state index contributed by atoms with van der Waals surface area (Å²) < 4.78 is 89.6. The molecule has 2 amide bonds. The average Bonchev–Trinajstić information content (AvgIpc) is 3.40. The number of rotatable bonds is 8. The molecule has 220 valence electrons. The number of morpholine rings is 1. The molecule has 40 heavy (non-hydrogen) atoms. The Morgan fingerprint density at radius 2 is 1.93 bits per heavy atom. The van der Waals surface area contributed by atoms with Crippen LogP contribution in [0, 0.1) is 17.6 Å². The summed E-state index contributed by atoms with van der Waals surface area (Å²) >= 11 is 0. The number of nitrogens with one attached hydrogen (secondary N) is 1. The lowest BCUT2D eigenvalue weighted by Crippen LogP contribution is -2.47. The van der Waals surface area contributed by atoms with Gasteiger partial charge >= 0.3 is 6.18 Å². The molecule has 1 aromatic heterocycles. The summed E-state index contributed by atoms with van der Waals surface area (Å²) in [7, 11) is 1.38. The third-order valence-corrected chi connectivity index (χ3v) is 7.51. The van der Waals surface area contributed by atoms with Crippen molar-refractivity contribution in [2.45, 2.75) is 37.6 Å². The molecule has 1 aromatic carbocycles. The van der Waals surface area contributed by atoms with Gasteiger partial charge in [-0.15, -0.1) is 0 Å². The van der Waals surface area contributed by atoms with Crippen LogP contribution in [0.4, 0.5) is 27.8 Å². The number of carbonyl (C=O) groups is 2. The van der Waals surface area contributed by atoms with Crippen molar-refractivity contribution in [3.8, 4) is 5.75 Å². The highest BCUT2D eigenvalue weighted by molar-refractivity contribution is 5.97. The van der Waals surface area contributed by atoms with Crippen molar-refractivity contribution in [2.24, 2.45) is 18.7 Å². The molecule has 0 spiro atoms. The number of hydrogen-bond donors (Lipinski definition) is 2. The third kappa shape index (κ3) is 5.63. The largest absolute Gasteiger partial charge is 0.489 e. The molecule has 0 unspecified atom stereocenters. The molecule has 2 fully saturated rings. The Kier molecular flexibility index (Phi) is 8.38. The van der Waals surface area contributed by atoms with E-state index in [1.54, 1.807) is 0 Å². The molecule has 10 nitrogen and oxygen atoms in total. The first-order chi connectivity index (χ1) is 18.7. The van der Waals surface area contributed by atoms with Crippen molar-refractivity contribution in [1.82, 2.24) is 14.7 Å². The van der Waals surface area contributed by atoms with Crippen LogP contribution in [0.2, 0.25) is 0 Å². The number of alkyl halides is 3. The molecular weight excluding hydrogens is 545 g/mol. The second-order valence-corrected chi connectivity index (χ2v) is 9.93. The van der Waals surface area contributed by atoms with E-state index in [0.717, 1.165) is 29.8 Å². The number of aromatic nitrogens is 2. The molecule has 2 aliphatic heterocycles. The summed E-state index contributed by atoms with van der Waals surface area (Å²) in [6, 6.07) is 3.02. The average molecular weight is 576 g/mol. The normalized spacial score (nSPS) is 25.6. The predicted molar refractivity (Wildman–Crippen MR) is 131 cm³/mol. The third-order valence-electron chi connectivity index (χ3n) is 7.51. The number of hydrogen-bond acceptors (Lipinski definition) is 7. The number of nitrogens with two attached hydrogens (primary N) is 1.